The molecule has 0 N–H and O–H groups in total. The van der Waals surface area contributed by atoms with Gasteiger partial charge >= 0.3 is 0 Å². The van der Waals surface area contributed by atoms with Gasteiger partial charge < -0.3 is 17.3 Å². The van der Waals surface area contributed by atoms with Crippen LogP contribution in [-0.2, 0) is 17.8 Å². The molecule has 0 aliphatic carbocycles. The van der Waals surface area contributed by atoms with E-state index < -0.39 is 0 Å². The summed E-state index contributed by atoms with van der Waals surface area (Å²) in [7, 11) is 0. The number of anilines is 1. The first kappa shape index (κ1) is 23.1. The van der Waals surface area contributed by atoms with Crippen LogP contribution in [0.3, 0.4) is 0 Å². The third-order valence-corrected chi connectivity index (χ3v) is 5.94. The number of hydrogen-bond acceptors (Lipinski definition) is 2. The fraction of sp³-hybridized carbons (Fsp3) is 0.296. The lowest BCUT2D eigenvalue weighted by Crippen LogP contribution is -3.00. The van der Waals surface area contributed by atoms with Crippen molar-refractivity contribution in [3.63, 3.8) is 0 Å². The number of nitrogens with zero attached hydrogens (tertiary/aromatic N) is 2. The van der Waals surface area contributed by atoms with Gasteiger partial charge in [-0.2, -0.15) is 0 Å². The first-order valence-corrected chi connectivity index (χ1v) is 11.0. The summed E-state index contributed by atoms with van der Waals surface area (Å²) in [4.78, 5) is 17.9. The third-order valence-electron chi connectivity index (χ3n) is 5.94. The maximum Gasteiger partial charge on any atom is 0.227 e. The molecule has 31 heavy (non-hydrogen) atoms. The molecule has 1 fully saturated rings. The van der Waals surface area contributed by atoms with Gasteiger partial charge in [-0.25, -0.2) is 0 Å². The lowest BCUT2D eigenvalue weighted by Gasteiger charge is -2.38. The Balaban J connectivity index is 0.00000272. The highest BCUT2D eigenvalue weighted by Gasteiger charge is 2.28. The molecule has 0 aromatic heterocycles. The molecule has 0 bridgehead atoms. The molecule has 0 unspecified atom stereocenters. The summed E-state index contributed by atoms with van der Waals surface area (Å²) >= 11 is 0. The van der Waals surface area contributed by atoms with Crippen molar-refractivity contribution >= 4 is 11.6 Å². The quantitative estimate of drug-likeness (QED) is 0.571. The van der Waals surface area contributed by atoms with Crippen molar-refractivity contribution in [3.05, 3.63) is 102 Å². The van der Waals surface area contributed by atoms with E-state index in [1.807, 2.05) is 36.4 Å². The van der Waals surface area contributed by atoms with Gasteiger partial charge in [0.2, 0.25) is 5.91 Å². The summed E-state index contributed by atoms with van der Waals surface area (Å²) in [5.74, 6) is 0.228. The molecule has 1 amide bonds. The average molecular weight is 434 g/mol. The second kappa shape index (κ2) is 11.7. The molecule has 0 spiro atoms. The minimum Gasteiger partial charge on any atom is -1.00 e. The van der Waals surface area contributed by atoms with E-state index in [2.05, 4.69) is 64.4 Å². The minimum absolute atomic E-state index is 0. The van der Waals surface area contributed by atoms with Crippen molar-refractivity contribution in [2.75, 3.05) is 18.0 Å². The molecule has 3 aromatic rings. The highest BCUT2D eigenvalue weighted by molar-refractivity contribution is 5.94. The molecular formula is C27H30ClN2O-. The molecule has 3 aromatic carbocycles. The van der Waals surface area contributed by atoms with Crippen LogP contribution in [0, 0.1) is 0 Å². The van der Waals surface area contributed by atoms with Gasteiger partial charge in [0.25, 0.3) is 0 Å². The molecule has 1 saturated heterocycles. The second-order valence-electron chi connectivity index (χ2n) is 8.08. The van der Waals surface area contributed by atoms with Crippen LogP contribution in [0.1, 0.15) is 30.4 Å². The predicted molar refractivity (Wildman–Crippen MR) is 123 cm³/mol. The van der Waals surface area contributed by atoms with Crippen molar-refractivity contribution in [1.29, 1.82) is 0 Å². The lowest BCUT2D eigenvalue weighted by atomic mass is 10.00. The van der Waals surface area contributed by atoms with E-state index in [-0.39, 0.29) is 24.4 Å². The monoisotopic (exact) mass is 433 g/mol. The fourth-order valence-corrected chi connectivity index (χ4v) is 4.34. The lowest BCUT2D eigenvalue weighted by molar-refractivity contribution is -0.119. The number of amides is 1. The van der Waals surface area contributed by atoms with Gasteiger partial charge in [-0.05, 0) is 42.5 Å². The first-order valence-electron chi connectivity index (χ1n) is 11.0. The summed E-state index contributed by atoms with van der Waals surface area (Å²) in [6, 6.07) is 31.4. The number of benzene rings is 3. The normalized spacial score (nSPS) is 14.6. The van der Waals surface area contributed by atoms with Crippen LogP contribution < -0.4 is 17.3 Å². The zero-order valence-electron chi connectivity index (χ0n) is 17.9. The standard InChI is InChI=1S/C27H30N2O.ClH/c30-27(17-16-23-10-4-1-5-11-23)29(25-14-8-3-9-15-25)26-18-20-28(21-19-26)22-24-12-6-2-7-13-24;/h1-15,26H,16-22H2;1H/p-1. The van der Waals surface area contributed by atoms with Crippen LogP contribution >= 0.6 is 0 Å². The third kappa shape index (κ3) is 6.43. The highest BCUT2D eigenvalue weighted by atomic mass is 35.5. The Hall–Kier alpha value is -2.62. The Bertz CT molecular complexity index is 910. The smallest absolute Gasteiger partial charge is 0.227 e. The number of piperidine rings is 1. The number of likely N-dealkylation sites (tertiary alicyclic amines) is 1. The maximum absolute atomic E-state index is 13.3. The van der Waals surface area contributed by atoms with Gasteiger partial charge in [0.05, 0.1) is 0 Å². The fourth-order valence-electron chi connectivity index (χ4n) is 4.34. The predicted octanol–water partition coefficient (Wildman–Crippen LogP) is 2.32. The Morgan fingerprint density at radius 1 is 0.774 bits per heavy atom. The van der Waals surface area contributed by atoms with Crippen molar-refractivity contribution in [2.24, 2.45) is 0 Å². The molecule has 1 aliphatic heterocycles. The summed E-state index contributed by atoms with van der Waals surface area (Å²) in [6.07, 6.45) is 3.36. The van der Waals surface area contributed by atoms with Crippen molar-refractivity contribution in [3.8, 4) is 0 Å². The zero-order chi connectivity index (χ0) is 20.6. The molecule has 0 atom stereocenters. The van der Waals surface area contributed by atoms with Crippen LogP contribution in [0.15, 0.2) is 91.0 Å². The maximum atomic E-state index is 13.3. The molecule has 1 heterocycles. The van der Waals surface area contributed by atoms with Crippen molar-refractivity contribution < 1.29 is 17.2 Å². The van der Waals surface area contributed by atoms with Gasteiger partial charge in [0, 0.05) is 37.8 Å². The topological polar surface area (TPSA) is 23.6 Å². The Morgan fingerprint density at radius 2 is 1.29 bits per heavy atom. The van der Waals surface area contributed by atoms with Crippen LogP contribution in [0.25, 0.3) is 0 Å². The molecule has 4 rings (SSSR count). The van der Waals surface area contributed by atoms with E-state index in [0.717, 1.165) is 44.6 Å². The molecule has 0 radical (unpaired) electrons. The summed E-state index contributed by atoms with van der Waals surface area (Å²) in [5.41, 5.74) is 3.60. The molecule has 4 heteroatoms. The van der Waals surface area contributed by atoms with E-state index in [1.54, 1.807) is 0 Å². The number of para-hydroxylation sites is 1. The first-order chi connectivity index (χ1) is 14.8. The van der Waals surface area contributed by atoms with Gasteiger partial charge in [-0.1, -0.05) is 78.9 Å². The summed E-state index contributed by atoms with van der Waals surface area (Å²) in [5, 5.41) is 0. The number of halogens is 1. The Morgan fingerprint density at radius 3 is 1.87 bits per heavy atom. The van der Waals surface area contributed by atoms with E-state index in [4.69, 9.17) is 0 Å². The molecule has 3 nitrogen and oxygen atoms in total. The largest absolute Gasteiger partial charge is 1.00 e. The average Bonchev–Trinajstić information content (AvgIpc) is 2.81. The van der Waals surface area contributed by atoms with E-state index >= 15 is 0 Å². The minimum atomic E-state index is 0. The number of carbonyl (C=O) groups excluding carboxylic acids is 1. The SMILES string of the molecule is O=C(CCc1ccccc1)N(c1ccccc1)C1CCN(Cc2ccccc2)CC1.[Cl-]. The van der Waals surface area contributed by atoms with Gasteiger partial charge in [-0.15, -0.1) is 0 Å². The Labute approximate surface area is 192 Å². The van der Waals surface area contributed by atoms with Crippen LogP contribution in [-0.4, -0.2) is 29.9 Å². The number of aryl methyl sites for hydroxylation is 1. The van der Waals surface area contributed by atoms with Crippen LogP contribution in [0.2, 0.25) is 0 Å². The Kier molecular flexibility index (Phi) is 8.69. The van der Waals surface area contributed by atoms with E-state index in [1.165, 1.54) is 11.1 Å². The van der Waals surface area contributed by atoms with E-state index in [9.17, 15) is 4.79 Å². The zero-order valence-corrected chi connectivity index (χ0v) is 18.6. The van der Waals surface area contributed by atoms with Crippen molar-refractivity contribution in [2.45, 2.75) is 38.3 Å². The van der Waals surface area contributed by atoms with Gasteiger partial charge in [0.1, 0.15) is 0 Å². The number of rotatable bonds is 7. The van der Waals surface area contributed by atoms with Gasteiger partial charge in [-0.3, -0.25) is 9.69 Å². The number of carbonyl (C=O) groups is 1. The molecule has 0 saturated carbocycles. The number of hydrogen-bond donors (Lipinski definition) is 0. The highest BCUT2D eigenvalue weighted by Crippen LogP contribution is 2.25. The summed E-state index contributed by atoms with van der Waals surface area (Å²) in [6.45, 7) is 3.03. The summed E-state index contributed by atoms with van der Waals surface area (Å²) < 4.78 is 0. The van der Waals surface area contributed by atoms with Gasteiger partial charge in [0.15, 0.2) is 0 Å². The van der Waals surface area contributed by atoms with Crippen LogP contribution in [0.4, 0.5) is 5.69 Å². The molecule has 162 valence electrons. The second-order valence-corrected chi connectivity index (χ2v) is 8.08. The molecule has 1 aliphatic rings. The van der Waals surface area contributed by atoms with E-state index in [0.29, 0.717) is 6.42 Å². The van der Waals surface area contributed by atoms with Crippen LogP contribution in [0.5, 0.6) is 0 Å². The van der Waals surface area contributed by atoms with Crippen molar-refractivity contribution in [1.82, 2.24) is 4.90 Å². The molecular weight excluding hydrogens is 404 g/mol.